The van der Waals surface area contributed by atoms with Gasteiger partial charge in [-0.25, -0.2) is 8.42 Å². The van der Waals surface area contributed by atoms with Crippen molar-refractivity contribution < 1.29 is 13.2 Å². The Morgan fingerprint density at radius 1 is 1.22 bits per heavy atom. The first-order valence-corrected chi connectivity index (χ1v) is 12.6. The topological polar surface area (TPSA) is 54.5 Å². The van der Waals surface area contributed by atoms with Crippen molar-refractivity contribution in [3.05, 3.63) is 34.4 Å². The first-order valence-electron chi connectivity index (χ1n) is 9.63. The van der Waals surface area contributed by atoms with Crippen LogP contribution in [0.25, 0.3) is 0 Å². The van der Waals surface area contributed by atoms with Crippen LogP contribution < -0.4 is 0 Å². The van der Waals surface area contributed by atoms with Crippen molar-refractivity contribution in [2.24, 2.45) is 0 Å². The van der Waals surface area contributed by atoms with Crippen molar-refractivity contribution in [1.82, 2.24) is 4.90 Å². The number of sulfone groups is 1. The Morgan fingerprint density at radius 2 is 1.81 bits per heavy atom. The molecule has 0 radical (unpaired) electrons. The molecule has 1 heterocycles. The number of aryl methyl sites for hydroxylation is 2. The Bertz CT molecular complexity index is 771. The number of hydrogen-bond acceptors (Lipinski definition) is 4. The molecule has 152 valence electrons. The smallest absolute Gasteiger partial charge is 0.232 e. The molecule has 27 heavy (non-hydrogen) atoms. The Kier molecular flexibility index (Phi) is 7.06. The van der Waals surface area contributed by atoms with E-state index in [1.54, 1.807) is 16.7 Å². The first-order chi connectivity index (χ1) is 12.4. The Labute approximate surface area is 169 Å². The van der Waals surface area contributed by atoms with E-state index in [4.69, 9.17) is 0 Å². The van der Waals surface area contributed by atoms with Gasteiger partial charge in [0.15, 0.2) is 9.84 Å². The fourth-order valence-electron chi connectivity index (χ4n) is 3.64. The maximum absolute atomic E-state index is 12.6. The van der Waals surface area contributed by atoms with E-state index in [1.807, 2.05) is 6.92 Å². The fourth-order valence-corrected chi connectivity index (χ4v) is 6.47. The third-order valence-electron chi connectivity index (χ3n) is 5.34. The third kappa shape index (κ3) is 5.74. The normalized spacial score (nSPS) is 19.3. The summed E-state index contributed by atoms with van der Waals surface area (Å²) in [6.45, 7) is 13.4. The summed E-state index contributed by atoms with van der Waals surface area (Å²) in [7, 11) is -2.98. The largest absolute Gasteiger partial charge is 0.338 e. The highest BCUT2D eigenvalue weighted by atomic mass is 32.2. The van der Waals surface area contributed by atoms with E-state index in [1.165, 1.54) is 22.3 Å². The number of nitrogens with zero attached hydrogens (tertiary/aromatic N) is 1. The van der Waals surface area contributed by atoms with E-state index < -0.39 is 9.84 Å². The Morgan fingerprint density at radius 3 is 2.26 bits per heavy atom. The molecule has 2 rings (SSSR count). The minimum Gasteiger partial charge on any atom is -0.338 e. The van der Waals surface area contributed by atoms with E-state index >= 15 is 0 Å². The summed E-state index contributed by atoms with van der Waals surface area (Å²) in [6.07, 6.45) is 0.569. The average Bonchev–Trinajstić information content (AvgIpc) is 2.89. The lowest BCUT2D eigenvalue weighted by Gasteiger charge is -2.27. The second-order valence-corrected chi connectivity index (χ2v) is 11.8. The summed E-state index contributed by atoms with van der Waals surface area (Å²) in [5, 5.41) is 0. The van der Waals surface area contributed by atoms with Crippen molar-refractivity contribution in [2.45, 2.75) is 65.2 Å². The van der Waals surface area contributed by atoms with Gasteiger partial charge < -0.3 is 4.90 Å². The van der Waals surface area contributed by atoms with Crippen molar-refractivity contribution >= 4 is 27.5 Å². The van der Waals surface area contributed by atoms with Crippen LogP contribution in [-0.4, -0.2) is 49.1 Å². The second kappa shape index (κ2) is 8.56. The molecule has 1 aliphatic heterocycles. The summed E-state index contributed by atoms with van der Waals surface area (Å²) in [5.41, 5.74) is 5.30. The number of carbonyl (C=O) groups excluding carboxylic acids is 1. The van der Waals surface area contributed by atoms with Crippen LogP contribution in [0.4, 0.5) is 0 Å². The van der Waals surface area contributed by atoms with Gasteiger partial charge in [-0.2, -0.15) is 0 Å². The molecule has 0 N–H and O–H groups in total. The van der Waals surface area contributed by atoms with Gasteiger partial charge in [0, 0.05) is 18.3 Å². The first kappa shape index (κ1) is 22.3. The molecule has 0 bridgehead atoms. The highest BCUT2D eigenvalue weighted by molar-refractivity contribution is 7.99. The molecule has 1 amide bonds. The molecular formula is C21H33NO3S2. The molecule has 4 nitrogen and oxygen atoms in total. The van der Waals surface area contributed by atoms with Crippen LogP contribution in [0.3, 0.4) is 0 Å². The number of rotatable bonds is 6. The van der Waals surface area contributed by atoms with Gasteiger partial charge in [0.2, 0.25) is 5.91 Å². The minimum absolute atomic E-state index is 0.0474. The number of thioether (sulfide) groups is 1. The molecule has 1 aromatic rings. The Balaban J connectivity index is 1.98. The molecule has 0 unspecified atom stereocenters. The zero-order valence-electron chi connectivity index (χ0n) is 17.5. The predicted molar refractivity (Wildman–Crippen MR) is 115 cm³/mol. The number of benzene rings is 1. The lowest BCUT2D eigenvalue weighted by atomic mass is 9.84. The van der Waals surface area contributed by atoms with Gasteiger partial charge in [-0.05, 0) is 54.9 Å². The SMILES string of the molecule is CCN(C(=O)CSCc1c(C)cc(C(C)(C)C)cc1C)[C@@H]1CCS(=O)(=O)C1. The van der Waals surface area contributed by atoms with E-state index in [9.17, 15) is 13.2 Å². The summed E-state index contributed by atoms with van der Waals surface area (Å²) < 4.78 is 23.4. The minimum atomic E-state index is -2.98. The molecule has 0 aromatic heterocycles. The lowest BCUT2D eigenvalue weighted by Crippen LogP contribution is -2.41. The monoisotopic (exact) mass is 411 g/mol. The van der Waals surface area contributed by atoms with Crippen molar-refractivity contribution in [3.8, 4) is 0 Å². The zero-order chi connectivity index (χ0) is 20.4. The van der Waals surface area contributed by atoms with Crippen LogP contribution in [0.15, 0.2) is 12.1 Å². The summed E-state index contributed by atoms with van der Waals surface area (Å²) in [4.78, 5) is 14.4. The number of amides is 1. The highest BCUT2D eigenvalue weighted by Crippen LogP contribution is 2.29. The number of hydrogen-bond donors (Lipinski definition) is 0. The van der Waals surface area contributed by atoms with Crippen molar-refractivity contribution in [3.63, 3.8) is 0 Å². The highest BCUT2D eigenvalue weighted by Gasteiger charge is 2.33. The molecule has 0 saturated carbocycles. The zero-order valence-corrected chi connectivity index (χ0v) is 19.1. The average molecular weight is 412 g/mol. The van der Waals surface area contributed by atoms with Crippen molar-refractivity contribution in [1.29, 1.82) is 0 Å². The van der Waals surface area contributed by atoms with Crippen LogP contribution in [0.5, 0.6) is 0 Å². The van der Waals surface area contributed by atoms with Gasteiger partial charge in [-0.1, -0.05) is 32.9 Å². The molecule has 1 aromatic carbocycles. The van der Waals surface area contributed by atoms with Crippen LogP contribution in [0.2, 0.25) is 0 Å². The molecule has 0 spiro atoms. The summed E-state index contributed by atoms with van der Waals surface area (Å²) in [5.74, 6) is 1.56. The standard InChI is InChI=1S/C21H33NO3S2/c1-7-22(18-8-9-27(24,25)14-18)20(23)13-26-12-19-15(2)10-17(11-16(19)3)21(4,5)6/h10-11,18H,7-9,12-14H2,1-6H3/t18-/m1/s1. The number of carbonyl (C=O) groups is 1. The quantitative estimate of drug-likeness (QED) is 0.713. The summed E-state index contributed by atoms with van der Waals surface area (Å²) in [6, 6.07) is 4.36. The van der Waals surface area contributed by atoms with Gasteiger partial charge >= 0.3 is 0 Å². The fraction of sp³-hybridized carbons (Fsp3) is 0.667. The van der Waals surface area contributed by atoms with Crippen LogP contribution in [0, 0.1) is 13.8 Å². The van der Waals surface area contributed by atoms with Gasteiger partial charge in [0.05, 0.1) is 17.3 Å². The van der Waals surface area contributed by atoms with Crippen LogP contribution in [0.1, 0.15) is 56.4 Å². The molecule has 1 saturated heterocycles. The summed E-state index contributed by atoms with van der Waals surface area (Å²) >= 11 is 1.62. The van der Waals surface area contributed by atoms with Gasteiger partial charge in [-0.15, -0.1) is 11.8 Å². The van der Waals surface area contributed by atoms with E-state index in [2.05, 4.69) is 46.8 Å². The maximum Gasteiger partial charge on any atom is 0.232 e. The molecular weight excluding hydrogens is 378 g/mol. The molecule has 6 heteroatoms. The van der Waals surface area contributed by atoms with E-state index in [0.29, 0.717) is 18.7 Å². The molecule has 1 fully saturated rings. The Hall–Kier alpha value is -1.01. The maximum atomic E-state index is 12.6. The molecule has 1 aliphatic rings. The van der Waals surface area contributed by atoms with Gasteiger partial charge in [0.1, 0.15) is 0 Å². The lowest BCUT2D eigenvalue weighted by molar-refractivity contribution is -0.129. The van der Waals surface area contributed by atoms with Crippen molar-refractivity contribution in [2.75, 3.05) is 23.8 Å². The van der Waals surface area contributed by atoms with E-state index in [-0.39, 0.29) is 28.9 Å². The third-order valence-corrected chi connectivity index (χ3v) is 8.04. The van der Waals surface area contributed by atoms with Gasteiger partial charge in [0.25, 0.3) is 0 Å². The van der Waals surface area contributed by atoms with Crippen LogP contribution in [-0.2, 0) is 25.8 Å². The second-order valence-electron chi connectivity index (χ2n) is 8.57. The van der Waals surface area contributed by atoms with Gasteiger partial charge in [-0.3, -0.25) is 4.79 Å². The molecule has 0 aliphatic carbocycles. The predicted octanol–water partition coefficient (Wildman–Crippen LogP) is 3.87. The molecule has 1 atom stereocenters. The van der Waals surface area contributed by atoms with Crippen LogP contribution >= 0.6 is 11.8 Å². The van der Waals surface area contributed by atoms with E-state index in [0.717, 1.165) is 5.75 Å².